The zero-order valence-corrected chi connectivity index (χ0v) is 24.8. The smallest absolute Gasteiger partial charge is 0.264 e. The number of hydrogen-bond donors (Lipinski definition) is 1. The van der Waals surface area contributed by atoms with E-state index in [-0.39, 0.29) is 23.0 Å². The van der Waals surface area contributed by atoms with Crippen LogP contribution < -0.4 is 9.62 Å². The van der Waals surface area contributed by atoms with Gasteiger partial charge in [0, 0.05) is 18.2 Å². The SMILES string of the molecule is CC[C@H](C)NC(=O)[C@H](C)N(Cc1ccccc1F)C(=O)CN(c1cc(C)ccc1C)S(=O)(=O)c1ccc(C)cc1. The van der Waals surface area contributed by atoms with Gasteiger partial charge in [-0.25, -0.2) is 12.8 Å². The van der Waals surface area contributed by atoms with Crippen LogP contribution in [0.4, 0.5) is 10.1 Å². The fourth-order valence-electron chi connectivity index (χ4n) is 4.20. The molecule has 0 unspecified atom stereocenters. The molecule has 0 aromatic heterocycles. The standard InChI is InChI=1S/C31H38FN3O4S/c1-7-24(5)33-31(37)25(6)34(19-26-10-8-9-11-28(26)32)30(36)20-35(29-18-22(3)12-15-23(29)4)40(38,39)27-16-13-21(2)14-17-27/h8-18,24-25H,7,19-20H2,1-6H3,(H,33,37)/t24-,25-/m0/s1. The summed E-state index contributed by atoms with van der Waals surface area (Å²) < 4.78 is 43.7. The van der Waals surface area contributed by atoms with Gasteiger partial charge in [0.1, 0.15) is 18.4 Å². The number of carbonyl (C=O) groups excluding carboxylic acids is 2. The maximum absolute atomic E-state index is 14.7. The van der Waals surface area contributed by atoms with Gasteiger partial charge in [-0.15, -0.1) is 0 Å². The van der Waals surface area contributed by atoms with E-state index in [0.29, 0.717) is 17.7 Å². The Hall–Kier alpha value is -3.72. The highest BCUT2D eigenvalue weighted by Gasteiger charge is 2.33. The molecule has 2 atom stereocenters. The lowest BCUT2D eigenvalue weighted by molar-refractivity contribution is -0.139. The zero-order chi connectivity index (χ0) is 29.6. The Labute approximate surface area is 237 Å². The van der Waals surface area contributed by atoms with Crippen LogP contribution in [0.15, 0.2) is 71.6 Å². The number of halogens is 1. The Morgan fingerprint density at radius 1 is 0.925 bits per heavy atom. The van der Waals surface area contributed by atoms with Gasteiger partial charge in [-0.05, 0) is 76.4 Å². The number of sulfonamides is 1. The molecule has 40 heavy (non-hydrogen) atoms. The van der Waals surface area contributed by atoms with Crippen LogP contribution in [0.5, 0.6) is 0 Å². The molecule has 1 N–H and O–H groups in total. The van der Waals surface area contributed by atoms with Gasteiger partial charge in [0.15, 0.2) is 0 Å². The van der Waals surface area contributed by atoms with E-state index >= 15 is 0 Å². The average Bonchev–Trinajstić information content (AvgIpc) is 2.92. The maximum atomic E-state index is 14.7. The summed E-state index contributed by atoms with van der Waals surface area (Å²) in [4.78, 5) is 28.4. The number of benzene rings is 3. The van der Waals surface area contributed by atoms with Crippen molar-refractivity contribution in [3.05, 3.63) is 94.8 Å². The van der Waals surface area contributed by atoms with Crippen molar-refractivity contribution in [1.29, 1.82) is 0 Å². The number of rotatable bonds is 11. The van der Waals surface area contributed by atoms with E-state index in [9.17, 15) is 22.4 Å². The molecule has 3 rings (SSSR count). The highest BCUT2D eigenvalue weighted by atomic mass is 32.2. The molecule has 0 saturated heterocycles. The van der Waals surface area contributed by atoms with Crippen LogP contribution in [0.2, 0.25) is 0 Å². The maximum Gasteiger partial charge on any atom is 0.264 e. The molecule has 214 valence electrons. The molecule has 0 aliphatic heterocycles. The van der Waals surface area contributed by atoms with E-state index in [2.05, 4.69) is 5.32 Å². The Kier molecular flexibility index (Phi) is 10.1. The molecule has 3 aromatic rings. The zero-order valence-electron chi connectivity index (χ0n) is 23.9. The topological polar surface area (TPSA) is 86.8 Å². The van der Waals surface area contributed by atoms with Crippen molar-refractivity contribution in [1.82, 2.24) is 10.2 Å². The van der Waals surface area contributed by atoms with Crippen molar-refractivity contribution in [2.75, 3.05) is 10.8 Å². The van der Waals surface area contributed by atoms with Gasteiger partial charge >= 0.3 is 0 Å². The summed E-state index contributed by atoms with van der Waals surface area (Å²) in [7, 11) is -4.18. The third-order valence-electron chi connectivity index (χ3n) is 6.99. The van der Waals surface area contributed by atoms with E-state index in [0.717, 1.165) is 15.4 Å². The summed E-state index contributed by atoms with van der Waals surface area (Å²) >= 11 is 0. The first-order valence-corrected chi connectivity index (χ1v) is 14.8. The van der Waals surface area contributed by atoms with Crippen molar-refractivity contribution >= 4 is 27.5 Å². The van der Waals surface area contributed by atoms with E-state index < -0.39 is 40.2 Å². The van der Waals surface area contributed by atoms with Gasteiger partial charge < -0.3 is 10.2 Å². The quantitative estimate of drug-likeness (QED) is 0.342. The highest BCUT2D eigenvalue weighted by Crippen LogP contribution is 2.29. The molecule has 2 amide bonds. The molecule has 9 heteroatoms. The fourth-order valence-corrected chi connectivity index (χ4v) is 5.67. The lowest BCUT2D eigenvalue weighted by Crippen LogP contribution is -2.52. The lowest BCUT2D eigenvalue weighted by atomic mass is 10.1. The summed E-state index contributed by atoms with van der Waals surface area (Å²) in [6.45, 7) is 10.0. The molecule has 0 spiro atoms. The second-order valence-corrected chi connectivity index (χ2v) is 12.1. The number of aryl methyl sites for hydroxylation is 3. The minimum absolute atomic E-state index is 0.0371. The fraction of sp³-hybridized carbons (Fsp3) is 0.355. The molecule has 0 aliphatic carbocycles. The Morgan fingerprint density at radius 2 is 1.55 bits per heavy atom. The Bertz CT molecular complexity index is 1460. The minimum Gasteiger partial charge on any atom is -0.352 e. The van der Waals surface area contributed by atoms with Gasteiger partial charge in [-0.3, -0.25) is 13.9 Å². The number of carbonyl (C=O) groups is 2. The van der Waals surface area contributed by atoms with Gasteiger partial charge in [0.25, 0.3) is 10.0 Å². The van der Waals surface area contributed by atoms with Gasteiger partial charge in [0.05, 0.1) is 10.6 Å². The summed E-state index contributed by atoms with van der Waals surface area (Å²) in [5.74, 6) is -1.56. The summed E-state index contributed by atoms with van der Waals surface area (Å²) in [6.07, 6.45) is 0.689. The monoisotopic (exact) mass is 567 g/mol. The molecule has 0 radical (unpaired) electrons. The number of nitrogens with zero attached hydrogens (tertiary/aromatic N) is 2. The molecular formula is C31H38FN3O4S. The van der Waals surface area contributed by atoms with Crippen LogP contribution in [-0.4, -0.2) is 43.8 Å². The first-order chi connectivity index (χ1) is 18.8. The van der Waals surface area contributed by atoms with Gasteiger partial charge in [-0.1, -0.05) is 55.0 Å². The predicted octanol–water partition coefficient (Wildman–Crippen LogP) is 5.28. The summed E-state index contributed by atoms with van der Waals surface area (Å²) in [5, 5.41) is 2.87. The number of hydrogen-bond acceptors (Lipinski definition) is 4. The third kappa shape index (κ3) is 7.27. The van der Waals surface area contributed by atoms with Crippen LogP contribution in [0.25, 0.3) is 0 Å². The molecule has 3 aromatic carbocycles. The second kappa shape index (κ2) is 13.1. The normalized spacial score (nSPS) is 12.9. The second-order valence-electron chi connectivity index (χ2n) is 10.2. The van der Waals surface area contributed by atoms with Crippen LogP contribution in [0, 0.1) is 26.6 Å². The van der Waals surface area contributed by atoms with E-state index in [1.165, 1.54) is 23.1 Å². The van der Waals surface area contributed by atoms with Crippen LogP contribution >= 0.6 is 0 Å². The predicted molar refractivity (Wildman–Crippen MR) is 156 cm³/mol. The molecule has 0 bridgehead atoms. The minimum atomic E-state index is -4.18. The Balaban J connectivity index is 2.08. The summed E-state index contributed by atoms with van der Waals surface area (Å²) in [6, 6.07) is 16.7. The highest BCUT2D eigenvalue weighted by molar-refractivity contribution is 7.92. The molecule has 0 aliphatic rings. The van der Waals surface area contributed by atoms with Gasteiger partial charge in [-0.2, -0.15) is 0 Å². The molecule has 7 nitrogen and oxygen atoms in total. The van der Waals surface area contributed by atoms with Crippen molar-refractivity contribution in [3.8, 4) is 0 Å². The van der Waals surface area contributed by atoms with Crippen molar-refractivity contribution in [3.63, 3.8) is 0 Å². The first-order valence-electron chi connectivity index (χ1n) is 13.3. The summed E-state index contributed by atoms with van der Waals surface area (Å²) in [5.41, 5.74) is 2.96. The van der Waals surface area contributed by atoms with Crippen molar-refractivity contribution in [2.45, 2.75) is 71.5 Å². The molecule has 0 heterocycles. The van der Waals surface area contributed by atoms with Crippen molar-refractivity contribution < 1.29 is 22.4 Å². The van der Waals surface area contributed by atoms with Gasteiger partial charge in [0.2, 0.25) is 11.8 Å². The van der Waals surface area contributed by atoms with Crippen molar-refractivity contribution in [2.24, 2.45) is 0 Å². The van der Waals surface area contributed by atoms with E-state index in [4.69, 9.17) is 0 Å². The molecular weight excluding hydrogens is 529 g/mol. The number of anilines is 1. The van der Waals surface area contributed by atoms with Crippen LogP contribution in [0.3, 0.4) is 0 Å². The third-order valence-corrected chi connectivity index (χ3v) is 8.76. The largest absolute Gasteiger partial charge is 0.352 e. The average molecular weight is 568 g/mol. The molecule has 0 saturated carbocycles. The van der Waals surface area contributed by atoms with Crippen LogP contribution in [-0.2, 0) is 26.2 Å². The Morgan fingerprint density at radius 3 is 2.17 bits per heavy atom. The van der Waals surface area contributed by atoms with Crippen LogP contribution in [0.1, 0.15) is 49.4 Å². The first kappa shape index (κ1) is 30.8. The van der Waals surface area contributed by atoms with E-state index in [1.54, 1.807) is 56.3 Å². The number of amides is 2. The number of nitrogens with one attached hydrogen (secondary N) is 1. The molecule has 0 fully saturated rings. The van der Waals surface area contributed by atoms with E-state index in [1.807, 2.05) is 33.8 Å². The lowest BCUT2D eigenvalue weighted by Gasteiger charge is -2.33.